The Kier molecular flexibility index (Phi) is 4.31. The molecule has 5 nitrogen and oxygen atoms in total. The molecular weight excluding hydrogens is 216 g/mol. The summed E-state index contributed by atoms with van der Waals surface area (Å²) in [5.41, 5.74) is 0. The maximum atomic E-state index is 11.4. The van der Waals surface area contributed by atoms with Gasteiger partial charge in [0.2, 0.25) is 10.0 Å². The summed E-state index contributed by atoms with van der Waals surface area (Å²) in [5.74, 6) is 0.901. The molecule has 86 valence electrons. The van der Waals surface area contributed by atoms with E-state index in [1.165, 1.54) is 18.4 Å². The third-order valence-electron chi connectivity index (χ3n) is 1.97. The van der Waals surface area contributed by atoms with E-state index in [-0.39, 0.29) is 5.75 Å². The SMILES string of the molecule is CN(C)S(=O)(=O)CCNCc1ccco1. The molecule has 0 amide bonds. The van der Waals surface area contributed by atoms with Crippen LogP contribution in [0.25, 0.3) is 0 Å². The summed E-state index contributed by atoms with van der Waals surface area (Å²) in [6.07, 6.45) is 1.59. The number of nitrogens with zero attached hydrogens (tertiary/aromatic N) is 1. The molecule has 0 saturated heterocycles. The number of sulfonamides is 1. The van der Waals surface area contributed by atoms with Crippen LogP contribution in [0.5, 0.6) is 0 Å². The molecule has 0 unspecified atom stereocenters. The highest BCUT2D eigenvalue weighted by molar-refractivity contribution is 7.89. The van der Waals surface area contributed by atoms with Crippen LogP contribution in [0.4, 0.5) is 0 Å². The minimum atomic E-state index is -3.10. The first-order valence-electron chi connectivity index (χ1n) is 4.65. The van der Waals surface area contributed by atoms with Crippen LogP contribution < -0.4 is 5.32 Å². The summed E-state index contributed by atoms with van der Waals surface area (Å²) >= 11 is 0. The van der Waals surface area contributed by atoms with Crippen LogP contribution in [0.2, 0.25) is 0 Å². The fourth-order valence-corrected chi connectivity index (χ4v) is 1.78. The molecule has 0 aliphatic rings. The third-order valence-corrected chi connectivity index (χ3v) is 3.81. The second-order valence-electron chi connectivity index (χ2n) is 3.35. The summed E-state index contributed by atoms with van der Waals surface area (Å²) in [7, 11) is -0.0398. The third kappa shape index (κ3) is 4.03. The predicted molar refractivity (Wildman–Crippen MR) is 57.9 cm³/mol. The maximum Gasteiger partial charge on any atom is 0.214 e. The van der Waals surface area contributed by atoms with Gasteiger partial charge in [-0.25, -0.2) is 12.7 Å². The van der Waals surface area contributed by atoms with Crippen molar-refractivity contribution in [3.63, 3.8) is 0 Å². The lowest BCUT2D eigenvalue weighted by Gasteiger charge is -2.10. The van der Waals surface area contributed by atoms with Gasteiger partial charge in [-0.2, -0.15) is 0 Å². The van der Waals surface area contributed by atoms with E-state index < -0.39 is 10.0 Å². The fraction of sp³-hybridized carbons (Fsp3) is 0.556. The van der Waals surface area contributed by atoms with Crippen molar-refractivity contribution in [1.82, 2.24) is 9.62 Å². The van der Waals surface area contributed by atoms with Gasteiger partial charge in [-0.1, -0.05) is 0 Å². The summed E-state index contributed by atoms with van der Waals surface area (Å²) in [4.78, 5) is 0. The molecule has 1 N–H and O–H groups in total. The summed E-state index contributed by atoms with van der Waals surface area (Å²) in [5, 5.41) is 3.00. The van der Waals surface area contributed by atoms with Crippen molar-refractivity contribution in [3.05, 3.63) is 24.2 Å². The lowest BCUT2D eigenvalue weighted by Crippen LogP contribution is -2.30. The first-order chi connectivity index (χ1) is 7.02. The average Bonchev–Trinajstić information content (AvgIpc) is 2.64. The van der Waals surface area contributed by atoms with E-state index in [4.69, 9.17) is 4.42 Å². The summed E-state index contributed by atoms with van der Waals surface area (Å²) in [6.45, 7) is 0.969. The van der Waals surface area contributed by atoms with E-state index in [1.54, 1.807) is 12.3 Å². The van der Waals surface area contributed by atoms with Crippen LogP contribution >= 0.6 is 0 Å². The average molecular weight is 232 g/mol. The number of rotatable bonds is 6. The van der Waals surface area contributed by atoms with Crippen LogP contribution in [-0.2, 0) is 16.6 Å². The second-order valence-corrected chi connectivity index (χ2v) is 5.66. The van der Waals surface area contributed by atoms with Crippen molar-refractivity contribution in [2.45, 2.75) is 6.54 Å². The van der Waals surface area contributed by atoms with Crippen molar-refractivity contribution in [3.8, 4) is 0 Å². The molecule has 1 aromatic rings. The van der Waals surface area contributed by atoms with E-state index in [2.05, 4.69) is 5.32 Å². The quantitative estimate of drug-likeness (QED) is 0.715. The Balaban J connectivity index is 2.23. The molecule has 0 aliphatic heterocycles. The molecule has 0 aromatic carbocycles. The monoisotopic (exact) mass is 232 g/mol. The molecule has 0 radical (unpaired) electrons. The van der Waals surface area contributed by atoms with Gasteiger partial charge in [0.25, 0.3) is 0 Å². The van der Waals surface area contributed by atoms with Gasteiger partial charge >= 0.3 is 0 Å². The molecule has 6 heteroatoms. The van der Waals surface area contributed by atoms with Gasteiger partial charge in [-0.15, -0.1) is 0 Å². The highest BCUT2D eigenvalue weighted by Crippen LogP contribution is 1.98. The number of nitrogens with one attached hydrogen (secondary N) is 1. The van der Waals surface area contributed by atoms with E-state index in [0.29, 0.717) is 13.1 Å². The molecule has 0 aliphatic carbocycles. The zero-order chi connectivity index (χ0) is 11.3. The van der Waals surface area contributed by atoms with Gasteiger partial charge < -0.3 is 9.73 Å². The Hall–Kier alpha value is -0.850. The molecule has 0 saturated carbocycles. The zero-order valence-corrected chi connectivity index (χ0v) is 9.75. The second kappa shape index (κ2) is 5.29. The topological polar surface area (TPSA) is 62.6 Å². The van der Waals surface area contributed by atoms with E-state index in [0.717, 1.165) is 5.76 Å². The first kappa shape index (κ1) is 12.2. The first-order valence-corrected chi connectivity index (χ1v) is 6.26. The molecule has 0 spiro atoms. The molecule has 15 heavy (non-hydrogen) atoms. The van der Waals surface area contributed by atoms with Crippen LogP contribution in [0.3, 0.4) is 0 Å². The minimum absolute atomic E-state index is 0.0979. The molecule has 1 heterocycles. The Bertz CT molecular complexity index is 370. The smallest absolute Gasteiger partial charge is 0.214 e. The lowest BCUT2D eigenvalue weighted by molar-refractivity contribution is 0.483. The van der Waals surface area contributed by atoms with Gasteiger partial charge in [-0.05, 0) is 12.1 Å². The highest BCUT2D eigenvalue weighted by atomic mass is 32.2. The van der Waals surface area contributed by atoms with Gasteiger partial charge in [0.15, 0.2) is 0 Å². The molecule has 0 atom stereocenters. The van der Waals surface area contributed by atoms with Crippen molar-refractivity contribution in [2.24, 2.45) is 0 Å². The largest absolute Gasteiger partial charge is 0.468 e. The van der Waals surface area contributed by atoms with Crippen LogP contribution in [0.15, 0.2) is 22.8 Å². The van der Waals surface area contributed by atoms with E-state index >= 15 is 0 Å². The Morgan fingerprint density at radius 3 is 2.73 bits per heavy atom. The number of hydrogen-bond acceptors (Lipinski definition) is 4. The van der Waals surface area contributed by atoms with Crippen molar-refractivity contribution in [1.29, 1.82) is 0 Å². The van der Waals surface area contributed by atoms with E-state index in [9.17, 15) is 8.42 Å². The molecule has 0 fully saturated rings. The van der Waals surface area contributed by atoms with Crippen molar-refractivity contribution < 1.29 is 12.8 Å². The van der Waals surface area contributed by atoms with Gasteiger partial charge in [-0.3, -0.25) is 0 Å². The molecular formula is C9H16N2O3S. The number of hydrogen-bond donors (Lipinski definition) is 1. The van der Waals surface area contributed by atoms with Gasteiger partial charge in [0.05, 0.1) is 18.6 Å². The lowest BCUT2D eigenvalue weighted by atomic mass is 10.4. The normalized spacial score (nSPS) is 12.2. The van der Waals surface area contributed by atoms with Crippen molar-refractivity contribution in [2.75, 3.05) is 26.4 Å². The van der Waals surface area contributed by atoms with Gasteiger partial charge in [0, 0.05) is 20.6 Å². The van der Waals surface area contributed by atoms with E-state index in [1.807, 2.05) is 6.07 Å². The maximum absolute atomic E-state index is 11.4. The fourth-order valence-electron chi connectivity index (χ4n) is 1.01. The van der Waals surface area contributed by atoms with Crippen LogP contribution in [-0.4, -0.2) is 39.1 Å². The Morgan fingerprint density at radius 1 is 1.47 bits per heavy atom. The number of furan rings is 1. The highest BCUT2D eigenvalue weighted by Gasteiger charge is 2.12. The standard InChI is InChI=1S/C9H16N2O3S/c1-11(2)15(12,13)7-5-10-8-9-4-3-6-14-9/h3-4,6,10H,5,7-8H2,1-2H3. The molecule has 1 rings (SSSR count). The Morgan fingerprint density at radius 2 is 2.20 bits per heavy atom. The van der Waals surface area contributed by atoms with Crippen molar-refractivity contribution >= 4 is 10.0 Å². The summed E-state index contributed by atoms with van der Waals surface area (Å²) in [6, 6.07) is 3.64. The summed E-state index contributed by atoms with van der Waals surface area (Å²) < 4.78 is 29.0. The van der Waals surface area contributed by atoms with Gasteiger partial charge in [0.1, 0.15) is 5.76 Å². The Labute approximate surface area is 90.1 Å². The zero-order valence-electron chi connectivity index (χ0n) is 8.93. The van der Waals surface area contributed by atoms with Crippen LogP contribution in [0, 0.1) is 0 Å². The predicted octanol–water partition coefficient (Wildman–Crippen LogP) is 0.261. The molecule has 0 bridgehead atoms. The van der Waals surface area contributed by atoms with Crippen LogP contribution in [0.1, 0.15) is 5.76 Å². The molecule has 1 aromatic heterocycles. The minimum Gasteiger partial charge on any atom is -0.468 e.